The zero-order chi connectivity index (χ0) is 12.6. The molecule has 0 aromatic heterocycles. The topological polar surface area (TPSA) is 78.8 Å². The van der Waals surface area contributed by atoms with Crippen LogP contribution in [0.1, 0.15) is 17.9 Å². The first-order valence-corrected chi connectivity index (χ1v) is 6.34. The van der Waals surface area contributed by atoms with E-state index in [2.05, 4.69) is 10.1 Å². The van der Waals surface area contributed by atoms with Crippen LogP contribution in [0.3, 0.4) is 0 Å². The minimum atomic E-state index is -4.56. The molecule has 0 radical (unpaired) electrons. The van der Waals surface area contributed by atoms with Crippen LogP contribution in [0.15, 0.2) is 18.2 Å². The average molecular weight is 265 g/mol. The summed E-state index contributed by atoms with van der Waals surface area (Å²) < 4.78 is 40.1. The van der Waals surface area contributed by atoms with E-state index >= 15 is 0 Å². The maximum absolute atomic E-state index is 12.9. The molecule has 1 saturated carbocycles. The van der Waals surface area contributed by atoms with Crippen molar-refractivity contribution in [3.63, 3.8) is 0 Å². The number of hydroxylamine groups is 1. The first-order chi connectivity index (χ1) is 7.87. The maximum atomic E-state index is 12.9. The average Bonchev–Trinajstić information content (AvgIpc) is 2.97. The highest BCUT2D eigenvalue weighted by Crippen LogP contribution is 2.43. The number of hydrogen-bond acceptors (Lipinski definition) is 3. The molecule has 1 fully saturated rings. The summed E-state index contributed by atoms with van der Waals surface area (Å²) in [6.45, 7) is 0. The van der Waals surface area contributed by atoms with Gasteiger partial charge in [-0.25, -0.2) is 13.3 Å². The van der Waals surface area contributed by atoms with Crippen LogP contribution < -0.4 is 5.48 Å². The minimum absolute atomic E-state index is 0.128. The second-order valence-electron chi connectivity index (χ2n) is 3.82. The second kappa shape index (κ2) is 4.44. The van der Waals surface area contributed by atoms with Gasteiger partial charge in [-0.2, -0.15) is 10.1 Å². The first kappa shape index (κ1) is 12.6. The summed E-state index contributed by atoms with van der Waals surface area (Å²) in [5.41, 5.74) is 2.77. The molecule has 0 unspecified atom stereocenters. The van der Waals surface area contributed by atoms with Crippen LogP contribution in [0.5, 0.6) is 0 Å². The highest BCUT2D eigenvalue weighted by atomic mass is 31.2. The molecule has 94 valence electrons. The molecule has 3 N–H and O–H groups in total. The zero-order valence-electron chi connectivity index (χ0n) is 8.51. The number of rotatable bonds is 4. The lowest BCUT2D eigenvalue weighted by molar-refractivity contribution is 0.119. The molecule has 1 aliphatic carbocycles. The van der Waals surface area contributed by atoms with Gasteiger partial charge in [0.2, 0.25) is 0 Å². The Morgan fingerprint density at radius 3 is 2.65 bits per heavy atom. The van der Waals surface area contributed by atoms with E-state index in [4.69, 9.17) is 9.79 Å². The van der Waals surface area contributed by atoms with Crippen LogP contribution in [-0.2, 0) is 9.19 Å². The molecule has 0 saturated heterocycles. The van der Waals surface area contributed by atoms with Crippen molar-refractivity contribution < 1.29 is 27.8 Å². The Labute approximate surface area is 95.6 Å². The van der Waals surface area contributed by atoms with Gasteiger partial charge < -0.3 is 9.79 Å². The lowest BCUT2D eigenvalue weighted by Crippen LogP contribution is -2.16. The van der Waals surface area contributed by atoms with Crippen LogP contribution in [0.25, 0.3) is 0 Å². The van der Waals surface area contributed by atoms with Crippen molar-refractivity contribution in [2.45, 2.75) is 18.4 Å². The molecule has 0 amide bonds. The van der Waals surface area contributed by atoms with Crippen LogP contribution >= 0.6 is 7.82 Å². The van der Waals surface area contributed by atoms with Gasteiger partial charge in [-0.05, 0) is 24.1 Å². The fourth-order valence-corrected chi connectivity index (χ4v) is 1.85. The Bertz CT molecular complexity index is 478. The minimum Gasteiger partial charge on any atom is -0.302 e. The molecule has 2 atom stereocenters. The van der Waals surface area contributed by atoms with Crippen molar-refractivity contribution in [2.75, 3.05) is 0 Å². The molecule has 8 heteroatoms. The van der Waals surface area contributed by atoms with Gasteiger partial charge in [-0.3, -0.25) is 0 Å². The maximum Gasteiger partial charge on any atom is 0.486 e. The van der Waals surface area contributed by atoms with Crippen molar-refractivity contribution in [3.05, 3.63) is 35.4 Å². The summed E-state index contributed by atoms with van der Waals surface area (Å²) in [6.07, 6.45) is 0.547. The molecular formula is C9H10F2NO4P. The lowest BCUT2D eigenvalue weighted by atomic mass is 10.1. The van der Waals surface area contributed by atoms with Gasteiger partial charge in [0.25, 0.3) is 0 Å². The van der Waals surface area contributed by atoms with Crippen molar-refractivity contribution in [3.8, 4) is 0 Å². The van der Waals surface area contributed by atoms with Gasteiger partial charge in [0, 0.05) is 12.0 Å². The van der Waals surface area contributed by atoms with Crippen LogP contribution in [-0.4, -0.2) is 15.8 Å². The SMILES string of the molecule is O=P(O)(O)ON[C@@H]1C[C@H]1c1ccc(F)c(F)c1. The summed E-state index contributed by atoms with van der Waals surface area (Å²) in [7, 11) is -4.56. The molecule has 1 aromatic carbocycles. The zero-order valence-corrected chi connectivity index (χ0v) is 9.40. The van der Waals surface area contributed by atoms with Crippen molar-refractivity contribution in [1.82, 2.24) is 5.48 Å². The number of nitrogens with one attached hydrogen (secondary N) is 1. The largest absolute Gasteiger partial charge is 0.486 e. The molecular weight excluding hydrogens is 255 g/mol. The third-order valence-corrected chi connectivity index (χ3v) is 2.83. The predicted octanol–water partition coefficient (Wildman–Crippen LogP) is 1.43. The first-order valence-electron chi connectivity index (χ1n) is 4.81. The van der Waals surface area contributed by atoms with E-state index in [9.17, 15) is 13.3 Å². The molecule has 5 nitrogen and oxygen atoms in total. The Hall–Kier alpha value is -0.850. The monoisotopic (exact) mass is 265 g/mol. The van der Waals surface area contributed by atoms with Gasteiger partial charge in [0.05, 0.1) is 0 Å². The fraction of sp³-hybridized carbons (Fsp3) is 0.333. The highest BCUT2D eigenvalue weighted by molar-refractivity contribution is 7.46. The Balaban J connectivity index is 1.94. The molecule has 1 aliphatic rings. The van der Waals surface area contributed by atoms with E-state index in [1.165, 1.54) is 6.07 Å². The van der Waals surface area contributed by atoms with E-state index in [0.29, 0.717) is 12.0 Å². The number of halogens is 2. The lowest BCUT2D eigenvalue weighted by Gasteiger charge is -2.06. The van der Waals surface area contributed by atoms with Gasteiger partial charge >= 0.3 is 7.82 Å². The molecule has 1 aromatic rings. The smallest absolute Gasteiger partial charge is 0.302 e. The van der Waals surface area contributed by atoms with Gasteiger partial charge in [0.1, 0.15) is 0 Å². The van der Waals surface area contributed by atoms with E-state index in [-0.39, 0.29) is 12.0 Å². The van der Waals surface area contributed by atoms with Crippen molar-refractivity contribution in [1.29, 1.82) is 0 Å². The van der Waals surface area contributed by atoms with Crippen molar-refractivity contribution >= 4 is 7.82 Å². The fourth-order valence-electron chi connectivity index (χ4n) is 1.57. The van der Waals surface area contributed by atoms with Crippen LogP contribution in [0.4, 0.5) is 8.78 Å². The normalized spacial score (nSPS) is 23.8. The Morgan fingerprint density at radius 2 is 2.06 bits per heavy atom. The molecule has 0 heterocycles. The molecule has 17 heavy (non-hydrogen) atoms. The molecule has 0 spiro atoms. The summed E-state index contributed by atoms with van der Waals surface area (Å²) in [4.78, 5) is 16.9. The molecule has 2 rings (SSSR count). The van der Waals surface area contributed by atoms with E-state index in [1.807, 2.05) is 0 Å². The van der Waals surface area contributed by atoms with Crippen molar-refractivity contribution in [2.24, 2.45) is 0 Å². The van der Waals surface area contributed by atoms with Crippen LogP contribution in [0, 0.1) is 11.6 Å². The second-order valence-corrected chi connectivity index (χ2v) is 4.99. The number of benzene rings is 1. The van der Waals surface area contributed by atoms with E-state index < -0.39 is 19.5 Å². The quantitative estimate of drug-likeness (QED) is 0.567. The third-order valence-electron chi connectivity index (χ3n) is 2.49. The summed E-state index contributed by atoms with van der Waals surface area (Å²) in [6, 6.07) is 3.22. The van der Waals surface area contributed by atoms with Gasteiger partial charge in [-0.15, -0.1) is 0 Å². The van der Waals surface area contributed by atoms with E-state index in [0.717, 1.165) is 12.1 Å². The standard InChI is InChI=1S/C9H10F2NO4P/c10-7-2-1-5(3-8(7)11)6-4-9(6)12-16-17(13,14)15/h1-3,6,9,12H,4H2,(H2,13,14,15)/t6-,9+/m0/s1. The summed E-state index contributed by atoms with van der Waals surface area (Å²) in [5, 5.41) is 0. The Kier molecular flexibility index (Phi) is 3.29. The van der Waals surface area contributed by atoms with Gasteiger partial charge in [-0.1, -0.05) is 6.07 Å². The third kappa shape index (κ3) is 3.31. The van der Waals surface area contributed by atoms with E-state index in [1.54, 1.807) is 0 Å². The molecule has 0 aliphatic heterocycles. The number of hydrogen-bond donors (Lipinski definition) is 3. The highest BCUT2D eigenvalue weighted by Gasteiger charge is 2.40. The number of phosphoric acid groups is 1. The van der Waals surface area contributed by atoms with Crippen LogP contribution in [0.2, 0.25) is 0 Å². The summed E-state index contributed by atoms with van der Waals surface area (Å²) in [5.74, 6) is -1.99. The van der Waals surface area contributed by atoms with Gasteiger partial charge in [0.15, 0.2) is 11.6 Å². The Morgan fingerprint density at radius 1 is 1.35 bits per heavy atom. The summed E-state index contributed by atoms with van der Waals surface area (Å²) >= 11 is 0. The molecule has 0 bridgehead atoms. The predicted molar refractivity (Wildman–Crippen MR) is 53.8 cm³/mol.